The van der Waals surface area contributed by atoms with Gasteiger partial charge in [0.15, 0.2) is 0 Å². The van der Waals surface area contributed by atoms with Gasteiger partial charge in [-0.25, -0.2) is 4.98 Å². The van der Waals surface area contributed by atoms with Crippen molar-refractivity contribution in [1.29, 1.82) is 0 Å². The van der Waals surface area contributed by atoms with Gasteiger partial charge in [-0.15, -0.1) is 6.58 Å². The second kappa shape index (κ2) is 5.44. The molecule has 1 atom stereocenters. The first-order valence-corrected chi connectivity index (χ1v) is 5.75. The highest BCUT2D eigenvalue weighted by molar-refractivity contribution is 5.75. The summed E-state index contributed by atoms with van der Waals surface area (Å²) in [4.78, 5) is 8.70. The van der Waals surface area contributed by atoms with Crippen LogP contribution in [0.2, 0.25) is 0 Å². The Hall–Kier alpha value is -2.18. The van der Waals surface area contributed by atoms with Gasteiger partial charge < -0.3 is 5.11 Å². The lowest BCUT2D eigenvalue weighted by molar-refractivity contribution is 0.253. The molecule has 3 heteroatoms. The number of rotatable bonds is 2. The number of hydrogen-bond donors (Lipinski definition) is 1. The van der Waals surface area contributed by atoms with Gasteiger partial charge in [-0.3, -0.25) is 4.98 Å². The summed E-state index contributed by atoms with van der Waals surface area (Å²) in [6, 6.07) is 5.93. The van der Waals surface area contributed by atoms with Gasteiger partial charge in [-0.1, -0.05) is 18.1 Å². The summed E-state index contributed by atoms with van der Waals surface area (Å²) >= 11 is 0. The van der Waals surface area contributed by atoms with Crippen molar-refractivity contribution in [1.82, 2.24) is 9.97 Å². The Morgan fingerprint density at radius 3 is 3.00 bits per heavy atom. The molecule has 1 unspecified atom stereocenters. The summed E-state index contributed by atoms with van der Waals surface area (Å²) in [6.45, 7) is 5.33. The molecule has 90 valence electrons. The fraction of sp³-hybridized carbons (Fsp3) is 0.200. The van der Waals surface area contributed by atoms with E-state index < -0.39 is 6.10 Å². The van der Waals surface area contributed by atoms with E-state index in [1.807, 2.05) is 24.3 Å². The highest BCUT2D eigenvalue weighted by atomic mass is 16.3. The Morgan fingerprint density at radius 1 is 1.44 bits per heavy atom. The molecule has 0 fully saturated rings. The normalized spacial score (nSPS) is 11.7. The van der Waals surface area contributed by atoms with Gasteiger partial charge >= 0.3 is 0 Å². The van der Waals surface area contributed by atoms with Gasteiger partial charge in [0.2, 0.25) is 0 Å². The van der Waals surface area contributed by atoms with E-state index in [-0.39, 0.29) is 0 Å². The van der Waals surface area contributed by atoms with E-state index in [9.17, 15) is 0 Å². The topological polar surface area (TPSA) is 46.0 Å². The van der Waals surface area contributed by atoms with Crippen LogP contribution in [0.25, 0.3) is 11.0 Å². The molecule has 1 heterocycles. The van der Waals surface area contributed by atoms with Gasteiger partial charge in [0.1, 0.15) is 11.8 Å². The van der Waals surface area contributed by atoms with E-state index in [1.165, 1.54) is 0 Å². The predicted molar refractivity (Wildman–Crippen MR) is 72.0 cm³/mol. The van der Waals surface area contributed by atoms with Gasteiger partial charge in [0.25, 0.3) is 0 Å². The van der Waals surface area contributed by atoms with Crippen LogP contribution in [0.5, 0.6) is 0 Å². The van der Waals surface area contributed by atoms with E-state index in [1.54, 1.807) is 13.1 Å². The zero-order chi connectivity index (χ0) is 13.0. The smallest absolute Gasteiger partial charge is 0.132 e. The molecule has 0 amide bonds. The third-order valence-electron chi connectivity index (χ3n) is 2.40. The molecule has 3 nitrogen and oxygen atoms in total. The number of allylic oxidation sites excluding steroid dienone is 1. The molecule has 1 aromatic carbocycles. The maximum Gasteiger partial charge on any atom is 0.132 e. The molecule has 2 rings (SSSR count). The van der Waals surface area contributed by atoms with Crippen molar-refractivity contribution in [2.75, 3.05) is 0 Å². The van der Waals surface area contributed by atoms with Crippen molar-refractivity contribution < 1.29 is 5.11 Å². The summed E-state index contributed by atoms with van der Waals surface area (Å²) in [5.74, 6) is 5.43. The van der Waals surface area contributed by atoms with E-state index in [2.05, 4.69) is 28.4 Å². The maximum atomic E-state index is 9.09. The third-order valence-corrected chi connectivity index (χ3v) is 2.40. The second-order valence-corrected chi connectivity index (χ2v) is 4.02. The van der Waals surface area contributed by atoms with E-state index in [0.717, 1.165) is 23.0 Å². The summed E-state index contributed by atoms with van der Waals surface area (Å²) in [5, 5.41) is 9.09. The van der Waals surface area contributed by atoms with Crippen LogP contribution in [-0.2, 0) is 6.42 Å². The predicted octanol–water partition coefficient (Wildman–Crippen LogP) is 2.09. The summed E-state index contributed by atoms with van der Waals surface area (Å²) in [6.07, 6.45) is 3.64. The molecule has 2 aromatic rings. The minimum Gasteiger partial charge on any atom is -0.381 e. The number of aromatic nitrogens is 2. The number of fused-ring (bicyclic) bond motifs is 1. The van der Waals surface area contributed by atoms with E-state index >= 15 is 0 Å². The molecule has 1 aromatic heterocycles. The van der Waals surface area contributed by atoms with Crippen LogP contribution in [0, 0.1) is 11.8 Å². The van der Waals surface area contributed by atoms with Crippen LogP contribution >= 0.6 is 0 Å². The molecule has 0 bridgehead atoms. The van der Waals surface area contributed by atoms with Crippen molar-refractivity contribution in [3.8, 4) is 11.8 Å². The summed E-state index contributed by atoms with van der Waals surface area (Å²) in [5.41, 5.74) is 3.38. The average Bonchev–Trinajstić information content (AvgIpc) is 2.36. The van der Waals surface area contributed by atoms with Gasteiger partial charge in [0, 0.05) is 0 Å². The van der Waals surface area contributed by atoms with Gasteiger partial charge in [-0.05, 0) is 37.0 Å². The number of aliphatic hydroxyl groups is 1. The van der Waals surface area contributed by atoms with Gasteiger partial charge in [0.05, 0.1) is 17.2 Å². The quantitative estimate of drug-likeness (QED) is 0.643. The first-order valence-electron chi connectivity index (χ1n) is 5.75. The van der Waals surface area contributed by atoms with Crippen molar-refractivity contribution >= 4 is 11.0 Å². The Kier molecular flexibility index (Phi) is 3.71. The third kappa shape index (κ3) is 2.93. The molecule has 0 radical (unpaired) electrons. The average molecular weight is 238 g/mol. The van der Waals surface area contributed by atoms with Crippen molar-refractivity contribution in [2.45, 2.75) is 19.4 Å². The lowest BCUT2D eigenvalue weighted by Gasteiger charge is -2.00. The molecule has 1 N–H and O–H groups in total. The standard InChI is InChI=1S/C15H14N2O/c1-3-4-12-6-8-14-15(9-12)16-10-13(17-14)7-5-11(2)18/h3,6,8-11,18H,1,4H2,2H3. The number of benzene rings is 1. The molecule has 0 saturated carbocycles. The van der Waals surface area contributed by atoms with E-state index in [4.69, 9.17) is 5.11 Å². The Labute approximate surface area is 106 Å². The lowest BCUT2D eigenvalue weighted by atomic mass is 10.1. The van der Waals surface area contributed by atoms with Crippen molar-refractivity contribution in [2.24, 2.45) is 0 Å². The molecule has 0 aliphatic carbocycles. The van der Waals surface area contributed by atoms with Crippen molar-refractivity contribution in [3.05, 3.63) is 48.3 Å². The zero-order valence-electron chi connectivity index (χ0n) is 10.2. The first kappa shape index (κ1) is 12.3. The number of nitrogens with zero attached hydrogens (tertiary/aromatic N) is 2. The highest BCUT2D eigenvalue weighted by Crippen LogP contribution is 2.12. The first-order chi connectivity index (χ1) is 8.69. The molecule has 0 saturated heterocycles. The fourth-order valence-electron chi connectivity index (χ4n) is 1.59. The van der Waals surface area contributed by atoms with Crippen LogP contribution in [0.1, 0.15) is 18.2 Å². The minimum atomic E-state index is -0.655. The largest absolute Gasteiger partial charge is 0.381 e. The molecule has 0 aliphatic rings. The summed E-state index contributed by atoms with van der Waals surface area (Å²) < 4.78 is 0. The zero-order valence-corrected chi connectivity index (χ0v) is 10.2. The molecule has 18 heavy (non-hydrogen) atoms. The van der Waals surface area contributed by atoms with Crippen LogP contribution in [-0.4, -0.2) is 21.2 Å². The SMILES string of the molecule is C=CCc1ccc2nc(C#CC(C)O)cnc2c1. The second-order valence-electron chi connectivity index (χ2n) is 4.02. The Bertz CT molecular complexity index is 636. The van der Waals surface area contributed by atoms with Crippen molar-refractivity contribution in [3.63, 3.8) is 0 Å². The molecular weight excluding hydrogens is 224 g/mol. The Morgan fingerprint density at radius 2 is 2.28 bits per heavy atom. The summed E-state index contributed by atoms with van der Waals surface area (Å²) in [7, 11) is 0. The number of aliphatic hydroxyl groups excluding tert-OH is 1. The maximum absolute atomic E-state index is 9.09. The number of hydrogen-bond acceptors (Lipinski definition) is 3. The Balaban J connectivity index is 2.39. The van der Waals surface area contributed by atoms with Crippen LogP contribution < -0.4 is 0 Å². The molecular formula is C15H14N2O. The fourth-order valence-corrected chi connectivity index (χ4v) is 1.59. The lowest BCUT2D eigenvalue weighted by Crippen LogP contribution is -1.94. The van der Waals surface area contributed by atoms with Crippen LogP contribution in [0.3, 0.4) is 0 Å². The van der Waals surface area contributed by atoms with Crippen LogP contribution in [0.15, 0.2) is 37.1 Å². The minimum absolute atomic E-state index is 0.569. The van der Waals surface area contributed by atoms with E-state index in [0.29, 0.717) is 5.69 Å². The highest BCUT2D eigenvalue weighted by Gasteiger charge is 1.99. The molecule has 0 aliphatic heterocycles. The molecule has 0 spiro atoms. The van der Waals surface area contributed by atoms with Crippen LogP contribution in [0.4, 0.5) is 0 Å². The monoisotopic (exact) mass is 238 g/mol. The van der Waals surface area contributed by atoms with Gasteiger partial charge in [-0.2, -0.15) is 0 Å².